The first kappa shape index (κ1) is 29.3. The van der Waals surface area contributed by atoms with E-state index in [0.717, 1.165) is 34.9 Å². The molecule has 6 nitrogen and oxygen atoms in total. The average molecular weight is 532 g/mol. The van der Waals surface area contributed by atoms with E-state index in [1.807, 2.05) is 30.3 Å². The molecule has 1 rings (SSSR count). The Balaban J connectivity index is 0. The number of quaternary nitrogens is 2. The van der Waals surface area contributed by atoms with Crippen molar-refractivity contribution in [2.75, 3.05) is 68.5 Å². The predicted octanol–water partition coefficient (Wildman–Crippen LogP) is -3.45. The summed E-state index contributed by atoms with van der Waals surface area (Å²) in [6, 6.07) is 9.34. The fraction of sp³-hybridized carbons (Fsp3) is 0.667. The molecule has 0 saturated carbocycles. The smallest absolute Gasteiger partial charge is 0.390 e. The van der Waals surface area contributed by atoms with Crippen molar-refractivity contribution in [2.45, 2.75) is 12.8 Å². The third kappa shape index (κ3) is 15.6. The molecule has 0 aliphatic carbocycles. The molecule has 1 aromatic carbocycles. The molecule has 2 N–H and O–H groups in total. The maximum Gasteiger partial charge on any atom is 0.390 e. The molecule has 160 valence electrons. The number of hydrogen-bond donors (Lipinski definition) is 2. The summed E-state index contributed by atoms with van der Waals surface area (Å²) in [5.41, 5.74) is 0. The number of halogens is 2. The molecule has 0 fully saturated rings. The first-order chi connectivity index (χ1) is 11.5. The number of para-hydroxylation sites is 1. The lowest BCUT2D eigenvalue weighted by atomic mass is 10.3. The standard InChI is InChI=1S/C18H37N4O2P.2BrH/c1-21(2,3)16-10-14-19-25(23,20-15-11-17-22(4,5)6)24-18-12-8-7-9-13-18;;/h7-9,12-13H,10-11,14-17H2,1-6H3,(H2,19,20,23);2*1H/q+2;;/p-2. The van der Waals surface area contributed by atoms with Gasteiger partial charge in [-0.15, -0.1) is 0 Å². The van der Waals surface area contributed by atoms with Gasteiger partial charge in [0.2, 0.25) is 0 Å². The van der Waals surface area contributed by atoms with Crippen molar-refractivity contribution < 1.29 is 52.0 Å². The highest BCUT2D eigenvalue weighted by atomic mass is 79.9. The van der Waals surface area contributed by atoms with Crippen LogP contribution in [0.2, 0.25) is 0 Å². The van der Waals surface area contributed by atoms with Crippen molar-refractivity contribution in [1.29, 1.82) is 0 Å². The summed E-state index contributed by atoms with van der Waals surface area (Å²) in [5, 5.41) is 6.24. The van der Waals surface area contributed by atoms with Crippen LogP contribution in [0.25, 0.3) is 0 Å². The quantitative estimate of drug-likeness (QED) is 0.167. The Morgan fingerprint density at radius 2 is 1.22 bits per heavy atom. The van der Waals surface area contributed by atoms with Gasteiger partial charge in [0.25, 0.3) is 0 Å². The Kier molecular flexibility index (Phi) is 14.4. The molecule has 0 aromatic heterocycles. The number of rotatable bonds is 12. The fourth-order valence-electron chi connectivity index (χ4n) is 2.31. The molecule has 0 radical (unpaired) electrons. The van der Waals surface area contributed by atoms with E-state index in [2.05, 4.69) is 52.5 Å². The monoisotopic (exact) mass is 530 g/mol. The molecule has 0 spiro atoms. The molecule has 0 aliphatic rings. The van der Waals surface area contributed by atoms with E-state index in [9.17, 15) is 4.57 Å². The van der Waals surface area contributed by atoms with E-state index in [1.165, 1.54) is 0 Å². The largest absolute Gasteiger partial charge is 1.00 e. The van der Waals surface area contributed by atoms with Crippen LogP contribution in [0.5, 0.6) is 5.75 Å². The van der Waals surface area contributed by atoms with Crippen molar-refractivity contribution in [1.82, 2.24) is 10.2 Å². The van der Waals surface area contributed by atoms with E-state index < -0.39 is 7.67 Å². The maximum absolute atomic E-state index is 13.2. The van der Waals surface area contributed by atoms with Crippen LogP contribution in [0.1, 0.15) is 12.8 Å². The van der Waals surface area contributed by atoms with E-state index in [-0.39, 0.29) is 34.0 Å². The van der Waals surface area contributed by atoms with Crippen LogP contribution in [0, 0.1) is 0 Å². The summed E-state index contributed by atoms with van der Waals surface area (Å²) in [6.45, 7) is 3.34. The van der Waals surface area contributed by atoms with Crippen molar-refractivity contribution in [3.05, 3.63) is 30.3 Å². The average Bonchev–Trinajstić information content (AvgIpc) is 2.48. The van der Waals surface area contributed by atoms with Gasteiger partial charge in [0, 0.05) is 25.9 Å². The number of nitrogens with one attached hydrogen (secondary N) is 2. The Hall–Kier alpha value is 0.0500. The minimum atomic E-state index is -3.12. The molecule has 27 heavy (non-hydrogen) atoms. The van der Waals surface area contributed by atoms with Crippen LogP contribution in [0.4, 0.5) is 0 Å². The van der Waals surface area contributed by atoms with Gasteiger partial charge in [-0.25, -0.2) is 14.7 Å². The molecule has 0 atom stereocenters. The molecule has 1 aromatic rings. The zero-order valence-electron chi connectivity index (χ0n) is 17.5. The van der Waals surface area contributed by atoms with Crippen molar-refractivity contribution in [3.8, 4) is 5.75 Å². The second-order valence-corrected chi connectivity index (χ2v) is 10.4. The van der Waals surface area contributed by atoms with Gasteiger partial charge in [0.15, 0.2) is 0 Å². The van der Waals surface area contributed by atoms with Gasteiger partial charge in [0.1, 0.15) is 5.75 Å². The highest BCUT2D eigenvalue weighted by molar-refractivity contribution is 7.55. The van der Waals surface area contributed by atoms with Crippen molar-refractivity contribution in [2.24, 2.45) is 0 Å². The zero-order chi connectivity index (χ0) is 19.0. The Bertz CT molecular complexity index is 523. The molecule has 0 heterocycles. The van der Waals surface area contributed by atoms with Crippen LogP contribution >= 0.6 is 7.67 Å². The third-order valence-electron chi connectivity index (χ3n) is 3.63. The van der Waals surface area contributed by atoms with Gasteiger partial charge in [-0.05, 0) is 12.1 Å². The number of benzene rings is 1. The normalized spacial score (nSPS) is 12.1. The Labute approximate surface area is 186 Å². The van der Waals surface area contributed by atoms with Crippen LogP contribution in [0.15, 0.2) is 30.3 Å². The second kappa shape index (κ2) is 13.3. The Morgan fingerprint density at radius 1 is 0.815 bits per heavy atom. The third-order valence-corrected chi connectivity index (χ3v) is 5.38. The molecule has 0 unspecified atom stereocenters. The van der Waals surface area contributed by atoms with E-state index in [1.54, 1.807) is 0 Å². The van der Waals surface area contributed by atoms with E-state index in [4.69, 9.17) is 4.52 Å². The summed E-state index contributed by atoms with van der Waals surface area (Å²) >= 11 is 0. The van der Waals surface area contributed by atoms with Gasteiger partial charge < -0.3 is 47.5 Å². The summed E-state index contributed by atoms with van der Waals surface area (Å²) < 4.78 is 20.7. The Morgan fingerprint density at radius 3 is 1.59 bits per heavy atom. The molecule has 0 saturated heterocycles. The van der Waals surface area contributed by atoms with Gasteiger partial charge in [-0.2, -0.15) is 0 Å². The summed E-state index contributed by atoms with van der Waals surface area (Å²) in [7, 11) is 9.82. The van der Waals surface area contributed by atoms with Gasteiger partial charge in [0.05, 0.1) is 55.4 Å². The van der Waals surface area contributed by atoms with Crippen molar-refractivity contribution >= 4 is 7.67 Å². The second-order valence-electron chi connectivity index (χ2n) is 8.51. The van der Waals surface area contributed by atoms with Crippen LogP contribution in [0.3, 0.4) is 0 Å². The lowest BCUT2D eigenvalue weighted by molar-refractivity contribution is -0.870. The SMILES string of the molecule is C[N+](C)(C)CCCNP(=O)(NCCC[N+](C)(C)C)Oc1ccccc1.[Br-].[Br-]. The molecule has 0 amide bonds. The summed E-state index contributed by atoms with van der Waals surface area (Å²) in [6.07, 6.45) is 1.87. The van der Waals surface area contributed by atoms with Gasteiger partial charge in [-0.1, -0.05) is 18.2 Å². The van der Waals surface area contributed by atoms with Crippen LogP contribution in [-0.4, -0.2) is 77.4 Å². The number of hydrogen-bond acceptors (Lipinski definition) is 2. The van der Waals surface area contributed by atoms with E-state index >= 15 is 0 Å². The molecule has 0 aliphatic heterocycles. The highest BCUT2D eigenvalue weighted by Gasteiger charge is 2.24. The molecular formula is C18H37Br2N4O2P. The minimum absolute atomic E-state index is 0. The summed E-state index contributed by atoms with van der Waals surface area (Å²) in [4.78, 5) is 0. The minimum Gasteiger partial charge on any atom is -1.00 e. The first-order valence-electron chi connectivity index (χ1n) is 8.95. The lowest BCUT2D eigenvalue weighted by Gasteiger charge is -2.26. The van der Waals surface area contributed by atoms with Crippen LogP contribution in [-0.2, 0) is 4.57 Å². The maximum atomic E-state index is 13.2. The summed E-state index contributed by atoms with van der Waals surface area (Å²) in [5.74, 6) is 0.615. The number of nitrogens with zero attached hydrogens (tertiary/aromatic N) is 2. The topological polar surface area (TPSA) is 50.4 Å². The molecule has 0 bridgehead atoms. The molecular weight excluding hydrogens is 495 g/mol. The first-order valence-corrected chi connectivity index (χ1v) is 10.6. The predicted molar refractivity (Wildman–Crippen MR) is 106 cm³/mol. The fourth-order valence-corrected chi connectivity index (χ4v) is 3.87. The molecule has 9 heteroatoms. The van der Waals surface area contributed by atoms with Crippen molar-refractivity contribution in [3.63, 3.8) is 0 Å². The zero-order valence-corrected chi connectivity index (χ0v) is 21.6. The van der Waals surface area contributed by atoms with Gasteiger partial charge in [-0.3, -0.25) is 0 Å². The lowest BCUT2D eigenvalue weighted by Crippen LogP contribution is -3.00. The van der Waals surface area contributed by atoms with Crippen LogP contribution < -0.4 is 48.7 Å². The van der Waals surface area contributed by atoms with Gasteiger partial charge >= 0.3 is 7.67 Å². The highest BCUT2D eigenvalue weighted by Crippen LogP contribution is 2.38. The van der Waals surface area contributed by atoms with E-state index in [0.29, 0.717) is 18.8 Å².